The van der Waals surface area contributed by atoms with Crippen LogP contribution in [0.3, 0.4) is 0 Å². The SMILES string of the molecule is Cn1cc(CSc2cccc(CNC3CC3)c2)nn1. The van der Waals surface area contributed by atoms with Crippen LogP contribution in [0.15, 0.2) is 35.4 Å². The summed E-state index contributed by atoms with van der Waals surface area (Å²) in [4.78, 5) is 1.29. The van der Waals surface area contributed by atoms with Crippen LogP contribution in [-0.2, 0) is 19.3 Å². The lowest BCUT2D eigenvalue weighted by Crippen LogP contribution is -2.15. The van der Waals surface area contributed by atoms with E-state index in [-0.39, 0.29) is 0 Å². The first-order valence-electron chi connectivity index (χ1n) is 6.60. The monoisotopic (exact) mass is 274 g/mol. The van der Waals surface area contributed by atoms with E-state index in [1.807, 2.05) is 25.0 Å². The molecule has 1 aromatic carbocycles. The van der Waals surface area contributed by atoms with E-state index in [2.05, 4.69) is 39.9 Å². The van der Waals surface area contributed by atoms with Gasteiger partial charge in [0.1, 0.15) is 0 Å². The number of benzene rings is 1. The van der Waals surface area contributed by atoms with Gasteiger partial charge in [-0.15, -0.1) is 16.9 Å². The third-order valence-corrected chi connectivity index (χ3v) is 4.13. The number of nitrogens with zero attached hydrogens (tertiary/aromatic N) is 3. The minimum Gasteiger partial charge on any atom is -0.310 e. The smallest absolute Gasteiger partial charge is 0.0929 e. The molecular formula is C14H18N4S. The maximum atomic E-state index is 4.10. The van der Waals surface area contributed by atoms with Crippen LogP contribution in [0.2, 0.25) is 0 Å². The molecule has 1 heterocycles. The Bertz CT molecular complexity index is 548. The van der Waals surface area contributed by atoms with Gasteiger partial charge in [0.2, 0.25) is 0 Å². The molecular weight excluding hydrogens is 256 g/mol. The summed E-state index contributed by atoms with van der Waals surface area (Å²) in [5.41, 5.74) is 2.38. The van der Waals surface area contributed by atoms with E-state index in [1.165, 1.54) is 23.3 Å². The van der Waals surface area contributed by atoms with Gasteiger partial charge in [0.05, 0.1) is 5.69 Å². The zero-order valence-electron chi connectivity index (χ0n) is 11.0. The van der Waals surface area contributed by atoms with Crippen LogP contribution < -0.4 is 5.32 Å². The van der Waals surface area contributed by atoms with Crippen molar-refractivity contribution in [3.05, 3.63) is 41.7 Å². The van der Waals surface area contributed by atoms with Crippen LogP contribution >= 0.6 is 11.8 Å². The fraction of sp³-hybridized carbons (Fsp3) is 0.429. The second kappa shape index (κ2) is 5.75. The van der Waals surface area contributed by atoms with Gasteiger partial charge in [-0.2, -0.15) is 0 Å². The number of rotatable bonds is 6. The summed E-state index contributed by atoms with van der Waals surface area (Å²) in [7, 11) is 1.89. The van der Waals surface area contributed by atoms with E-state index in [9.17, 15) is 0 Å². The molecule has 1 aliphatic carbocycles. The van der Waals surface area contributed by atoms with Crippen molar-refractivity contribution in [2.75, 3.05) is 0 Å². The lowest BCUT2D eigenvalue weighted by Gasteiger charge is -2.05. The quantitative estimate of drug-likeness (QED) is 0.821. The zero-order valence-corrected chi connectivity index (χ0v) is 11.9. The lowest BCUT2D eigenvalue weighted by atomic mass is 10.2. The predicted molar refractivity (Wildman–Crippen MR) is 76.9 cm³/mol. The molecule has 0 spiro atoms. The molecule has 0 radical (unpaired) electrons. The Labute approximate surface area is 117 Å². The summed E-state index contributed by atoms with van der Waals surface area (Å²) in [6, 6.07) is 9.49. The van der Waals surface area contributed by atoms with Crippen molar-refractivity contribution < 1.29 is 0 Å². The van der Waals surface area contributed by atoms with Crippen molar-refractivity contribution in [2.45, 2.75) is 36.1 Å². The summed E-state index contributed by atoms with van der Waals surface area (Å²) in [6.07, 6.45) is 4.63. The van der Waals surface area contributed by atoms with E-state index in [4.69, 9.17) is 0 Å². The molecule has 5 heteroatoms. The van der Waals surface area contributed by atoms with Gasteiger partial charge in [-0.05, 0) is 30.5 Å². The first-order chi connectivity index (χ1) is 9.29. The fourth-order valence-corrected chi connectivity index (χ4v) is 2.77. The molecule has 4 nitrogen and oxygen atoms in total. The average molecular weight is 274 g/mol. The van der Waals surface area contributed by atoms with E-state index in [1.54, 1.807) is 4.68 Å². The van der Waals surface area contributed by atoms with E-state index < -0.39 is 0 Å². The van der Waals surface area contributed by atoms with Gasteiger partial charge >= 0.3 is 0 Å². The van der Waals surface area contributed by atoms with Gasteiger partial charge in [-0.25, -0.2) is 0 Å². The van der Waals surface area contributed by atoms with Gasteiger partial charge in [-0.3, -0.25) is 4.68 Å². The second-order valence-corrected chi connectivity index (χ2v) is 6.02. The number of aryl methyl sites for hydroxylation is 1. The highest BCUT2D eigenvalue weighted by atomic mass is 32.2. The molecule has 0 aliphatic heterocycles. The van der Waals surface area contributed by atoms with Gasteiger partial charge in [0.15, 0.2) is 0 Å². The van der Waals surface area contributed by atoms with Gasteiger partial charge < -0.3 is 5.32 Å². The standard InChI is InChI=1S/C14H18N4S/c1-18-9-13(16-17-18)10-19-14-4-2-3-11(7-14)8-15-12-5-6-12/h2-4,7,9,12,15H,5-6,8,10H2,1H3. The zero-order chi connectivity index (χ0) is 13.1. The third kappa shape index (κ3) is 3.81. The molecule has 2 aromatic rings. The lowest BCUT2D eigenvalue weighted by molar-refractivity contribution is 0.687. The second-order valence-electron chi connectivity index (χ2n) is 4.97. The third-order valence-electron chi connectivity index (χ3n) is 3.11. The molecule has 0 unspecified atom stereocenters. The molecule has 0 atom stereocenters. The van der Waals surface area contributed by atoms with Gasteiger partial charge in [0, 0.05) is 36.5 Å². The van der Waals surface area contributed by atoms with Gasteiger partial charge in [-0.1, -0.05) is 17.3 Å². The molecule has 1 aliphatic rings. The summed E-state index contributed by atoms with van der Waals surface area (Å²) in [6.45, 7) is 0.976. The number of hydrogen-bond donors (Lipinski definition) is 1. The maximum Gasteiger partial charge on any atom is 0.0929 e. The number of hydrogen-bond acceptors (Lipinski definition) is 4. The van der Waals surface area contributed by atoms with Crippen LogP contribution in [-0.4, -0.2) is 21.0 Å². The number of aromatic nitrogens is 3. The van der Waals surface area contributed by atoms with Crippen LogP contribution in [0.5, 0.6) is 0 Å². The minimum atomic E-state index is 0.760. The molecule has 19 heavy (non-hydrogen) atoms. The first-order valence-corrected chi connectivity index (χ1v) is 7.58. The summed E-state index contributed by atoms with van der Waals surface area (Å²) in [5.74, 6) is 0.868. The minimum absolute atomic E-state index is 0.760. The molecule has 100 valence electrons. The Morgan fingerprint density at radius 1 is 1.42 bits per heavy atom. The average Bonchev–Trinajstić information content (AvgIpc) is 3.16. The van der Waals surface area contributed by atoms with Crippen LogP contribution in [0.1, 0.15) is 24.1 Å². The molecule has 1 fully saturated rings. The van der Waals surface area contributed by atoms with Crippen molar-refractivity contribution >= 4 is 11.8 Å². The molecule has 1 N–H and O–H groups in total. The van der Waals surface area contributed by atoms with Crippen molar-refractivity contribution in [2.24, 2.45) is 7.05 Å². The summed E-state index contributed by atoms with van der Waals surface area (Å²) in [5, 5.41) is 11.6. The van der Waals surface area contributed by atoms with Crippen molar-refractivity contribution in [1.29, 1.82) is 0 Å². The molecule has 1 saturated carbocycles. The van der Waals surface area contributed by atoms with E-state index in [0.717, 1.165) is 24.0 Å². The maximum absolute atomic E-state index is 4.10. The molecule has 0 bridgehead atoms. The fourth-order valence-electron chi connectivity index (χ4n) is 1.91. The van der Waals surface area contributed by atoms with Crippen LogP contribution in [0.25, 0.3) is 0 Å². The van der Waals surface area contributed by atoms with Crippen molar-refractivity contribution in [3.63, 3.8) is 0 Å². The molecule has 0 saturated heterocycles. The van der Waals surface area contributed by atoms with Crippen molar-refractivity contribution in [3.8, 4) is 0 Å². The highest BCUT2D eigenvalue weighted by molar-refractivity contribution is 7.98. The van der Waals surface area contributed by atoms with E-state index >= 15 is 0 Å². The number of nitrogens with one attached hydrogen (secondary N) is 1. The topological polar surface area (TPSA) is 42.7 Å². The van der Waals surface area contributed by atoms with Crippen LogP contribution in [0.4, 0.5) is 0 Å². The Hall–Kier alpha value is -1.33. The Morgan fingerprint density at radius 3 is 3.05 bits per heavy atom. The van der Waals surface area contributed by atoms with Crippen LogP contribution in [0, 0.1) is 0 Å². The highest BCUT2D eigenvalue weighted by Crippen LogP contribution is 2.23. The first kappa shape index (κ1) is 12.7. The molecule has 0 amide bonds. The number of thioether (sulfide) groups is 1. The normalized spacial score (nSPS) is 14.8. The predicted octanol–water partition coefficient (Wildman–Crippen LogP) is 2.36. The molecule has 1 aromatic heterocycles. The highest BCUT2D eigenvalue weighted by Gasteiger charge is 2.19. The van der Waals surface area contributed by atoms with E-state index in [0.29, 0.717) is 0 Å². The Balaban J connectivity index is 1.55. The van der Waals surface area contributed by atoms with Gasteiger partial charge in [0.25, 0.3) is 0 Å². The largest absolute Gasteiger partial charge is 0.310 e. The Kier molecular flexibility index (Phi) is 3.84. The summed E-state index contributed by atoms with van der Waals surface area (Å²) < 4.78 is 1.74. The Morgan fingerprint density at radius 2 is 2.32 bits per heavy atom. The summed E-state index contributed by atoms with van der Waals surface area (Å²) >= 11 is 1.81. The molecule has 3 rings (SSSR count). The van der Waals surface area contributed by atoms with Crippen molar-refractivity contribution in [1.82, 2.24) is 20.3 Å².